The normalized spacial score (nSPS) is 12.3. The van der Waals surface area contributed by atoms with E-state index in [2.05, 4.69) is 10.6 Å². The van der Waals surface area contributed by atoms with Gasteiger partial charge in [-0.15, -0.1) is 0 Å². The van der Waals surface area contributed by atoms with Gasteiger partial charge in [0, 0.05) is 24.4 Å². The van der Waals surface area contributed by atoms with Gasteiger partial charge >= 0.3 is 12.2 Å². The van der Waals surface area contributed by atoms with Crippen LogP contribution in [0.4, 0.5) is 29.3 Å². The lowest BCUT2D eigenvalue weighted by Crippen LogP contribution is -2.32. The standard InChI is InChI=1S/C16H14F3N3O4/c17-16(18,19)11-3-1-2-10(8-11)14(23)9-20-15(24)21-12-4-6-13(7-5-12)22(25)26/h1-8,14,23H,9H2,(H2,20,21,24). The number of amides is 2. The van der Waals surface area contributed by atoms with Gasteiger partial charge in [-0.05, 0) is 29.8 Å². The number of alkyl halides is 3. The molecule has 0 spiro atoms. The average molecular weight is 369 g/mol. The monoisotopic (exact) mass is 369 g/mol. The summed E-state index contributed by atoms with van der Waals surface area (Å²) in [5.74, 6) is 0. The number of urea groups is 1. The highest BCUT2D eigenvalue weighted by Gasteiger charge is 2.30. The molecule has 3 N–H and O–H groups in total. The molecule has 0 heterocycles. The first-order valence-electron chi connectivity index (χ1n) is 7.31. The first-order valence-corrected chi connectivity index (χ1v) is 7.31. The van der Waals surface area contributed by atoms with Crippen LogP contribution in [0, 0.1) is 10.1 Å². The Morgan fingerprint density at radius 3 is 2.42 bits per heavy atom. The van der Waals surface area contributed by atoms with E-state index in [1.165, 1.54) is 36.4 Å². The largest absolute Gasteiger partial charge is 0.416 e. The molecule has 0 aliphatic heterocycles. The Morgan fingerprint density at radius 2 is 1.85 bits per heavy atom. The summed E-state index contributed by atoms with van der Waals surface area (Å²) in [6, 6.07) is 8.49. The molecular weight excluding hydrogens is 355 g/mol. The Kier molecular flexibility index (Phi) is 5.78. The molecule has 2 aromatic rings. The predicted octanol–water partition coefficient (Wildman–Crippen LogP) is 3.47. The fraction of sp³-hybridized carbons (Fsp3) is 0.188. The SMILES string of the molecule is O=C(NCC(O)c1cccc(C(F)(F)F)c1)Nc1ccc([N+](=O)[O-])cc1. The molecular formula is C16H14F3N3O4. The number of aliphatic hydroxyl groups excluding tert-OH is 1. The molecule has 0 bridgehead atoms. The van der Waals surface area contributed by atoms with E-state index in [9.17, 15) is 33.2 Å². The number of non-ortho nitro benzene ring substituents is 1. The predicted molar refractivity (Wildman–Crippen MR) is 86.5 cm³/mol. The van der Waals surface area contributed by atoms with Crippen LogP contribution < -0.4 is 10.6 Å². The van der Waals surface area contributed by atoms with Crippen molar-refractivity contribution in [1.82, 2.24) is 5.32 Å². The minimum Gasteiger partial charge on any atom is -0.387 e. The number of aliphatic hydroxyl groups is 1. The quantitative estimate of drug-likeness (QED) is 0.554. The third kappa shape index (κ3) is 5.18. The van der Waals surface area contributed by atoms with E-state index in [-0.39, 0.29) is 23.5 Å². The van der Waals surface area contributed by atoms with Crippen LogP contribution in [0.5, 0.6) is 0 Å². The maximum absolute atomic E-state index is 12.7. The van der Waals surface area contributed by atoms with Gasteiger partial charge in [-0.2, -0.15) is 13.2 Å². The fourth-order valence-electron chi connectivity index (χ4n) is 2.07. The number of nitro benzene ring substituents is 1. The third-order valence-corrected chi connectivity index (χ3v) is 3.39. The van der Waals surface area contributed by atoms with Gasteiger partial charge in [0.1, 0.15) is 0 Å². The van der Waals surface area contributed by atoms with Gasteiger partial charge in [-0.1, -0.05) is 12.1 Å². The second-order valence-corrected chi connectivity index (χ2v) is 5.28. The first kappa shape index (κ1) is 19.2. The van der Waals surface area contributed by atoms with Gasteiger partial charge in [0.2, 0.25) is 0 Å². The number of anilines is 1. The van der Waals surface area contributed by atoms with Crippen LogP contribution >= 0.6 is 0 Å². The highest BCUT2D eigenvalue weighted by atomic mass is 19.4. The topological polar surface area (TPSA) is 104 Å². The van der Waals surface area contributed by atoms with Crippen LogP contribution in [-0.2, 0) is 6.18 Å². The van der Waals surface area contributed by atoms with Crippen molar-refractivity contribution in [1.29, 1.82) is 0 Å². The molecule has 2 amide bonds. The number of carbonyl (C=O) groups excluding carboxylic acids is 1. The Morgan fingerprint density at radius 1 is 1.19 bits per heavy atom. The van der Waals surface area contributed by atoms with Crippen molar-refractivity contribution in [2.24, 2.45) is 0 Å². The molecule has 0 saturated carbocycles. The van der Waals surface area contributed by atoms with Crippen LogP contribution in [0.15, 0.2) is 48.5 Å². The summed E-state index contributed by atoms with van der Waals surface area (Å²) >= 11 is 0. The number of rotatable bonds is 5. The summed E-state index contributed by atoms with van der Waals surface area (Å²) < 4.78 is 38.0. The highest BCUT2D eigenvalue weighted by Crippen LogP contribution is 2.30. The van der Waals surface area contributed by atoms with Crippen molar-refractivity contribution in [3.8, 4) is 0 Å². The minimum absolute atomic E-state index is 0.00969. The number of hydrogen-bond donors (Lipinski definition) is 3. The smallest absolute Gasteiger partial charge is 0.387 e. The summed E-state index contributed by atoms with van der Waals surface area (Å²) in [7, 11) is 0. The lowest BCUT2D eigenvalue weighted by Gasteiger charge is -2.15. The van der Waals surface area contributed by atoms with Gasteiger partial charge in [0.05, 0.1) is 16.6 Å². The summed E-state index contributed by atoms with van der Waals surface area (Å²) in [6.07, 6.45) is -5.86. The second kappa shape index (κ2) is 7.83. The van der Waals surface area contributed by atoms with Gasteiger partial charge in [-0.25, -0.2) is 4.79 Å². The number of benzene rings is 2. The lowest BCUT2D eigenvalue weighted by atomic mass is 10.1. The lowest BCUT2D eigenvalue weighted by molar-refractivity contribution is -0.384. The Balaban J connectivity index is 1.91. The van der Waals surface area contributed by atoms with Crippen molar-refractivity contribution in [3.63, 3.8) is 0 Å². The molecule has 0 radical (unpaired) electrons. The average Bonchev–Trinajstić information content (AvgIpc) is 2.59. The summed E-state index contributed by atoms with van der Waals surface area (Å²) in [6.45, 7) is -0.319. The Hall–Kier alpha value is -3.14. The molecule has 0 aromatic heterocycles. The minimum atomic E-state index is -4.53. The van der Waals surface area contributed by atoms with Crippen molar-refractivity contribution < 1.29 is 28.0 Å². The number of nitrogens with zero attached hydrogens (tertiary/aromatic N) is 1. The highest BCUT2D eigenvalue weighted by molar-refractivity contribution is 5.89. The van der Waals surface area contributed by atoms with E-state index in [1.54, 1.807) is 0 Å². The molecule has 0 aliphatic carbocycles. The molecule has 0 aliphatic rings. The zero-order valence-electron chi connectivity index (χ0n) is 13.2. The van der Waals surface area contributed by atoms with Crippen molar-refractivity contribution >= 4 is 17.4 Å². The number of nitro groups is 1. The van der Waals surface area contributed by atoms with Crippen LogP contribution in [-0.4, -0.2) is 22.6 Å². The first-order chi connectivity index (χ1) is 12.2. The Bertz CT molecular complexity index is 794. The van der Waals surface area contributed by atoms with Crippen LogP contribution in [0.3, 0.4) is 0 Å². The van der Waals surface area contributed by atoms with Crippen molar-refractivity contribution in [2.45, 2.75) is 12.3 Å². The summed E-state index contributed by atoms with van der Waals surface area (Å²) in [4.78, 5) is 21.7. The molecule has 138 valence electrons. The van der Waals surface area contributed by atoms with Crippen LogP contribution in [0.25, 0.3) is 0 Å². The zero-order valence-corrected chi connectivity index (χ0v) is 13.2. The molecule has 0 fully saturated rings. The molecule has 10 heteroatoms. The summed E-state index contributed by atoms with van der Waals surface area (Å²) in [5, 5.41) is 25.2. The third-order valence-electron chi connectivity index (χ3n) is 3.39. The van der Waals surface area contributed by atoms with E-state index in [4.69, 9.17) is 0 Å². The van der Waals surface area contributed by atoms with E-state index >= 15 is 0 Å². The van der Waals surface area contributed by atoms with Gasteiger partial charge in [-0.3, -0.25) is 10.1 Å². The fourth-order valence-corrected chi connectivity index (χ4v) is 2.07. The van der Waals surface area contributed by atoms with Crippen LogP contribution in [0.1, 0.15) is 17.2 Å². The van der Waals surface area contributed by atoms with Crippen molar-refractivity contribution in [2.75, 3.05) is 11.9 Å². The number of halogens is 3. The van der Waals surface area contributed by atoms with Crippen molar-refractivity contribution in [3.05, 3.63) is 69.8 Å². The Labute approximate surface area is 145 Å². The van der Waals surface area contributed by atoms with E-state index < -0.39 is 28.8 Å². The maximum Gasteiger partial charge on any atom is 0.416 e. The van der Waals surface area contributed by atoms with E-state index in [1.807, 2.05) is 0 Å². The van der Waals surface area contributed by atoms with Gasteiger partial charge < -0.3 is 15.7 Å². The van der Waals surface area contributed by atoms with Crippen LogP contribution in [0.2, 0.25) is 0 Å². The molecule has 7 nitrogen and oxygen atoms in total. The molecule has 0 saturated heterocycles. The molecule has 1 atom stereocenters. The van der Waals surface area contributed by atoms with Gasteiger partial charge in [0.25, 0.3) is 5.69 Å². The maximum atomic E-state index is 12.7. The van der Waals surface area contributed by atoms with E-state index in [0.717, 1.165) is 12.1 Å². The molecule has 2 aromatic carbocycles. The molecule has 1 unspecified atom stereocenters. The molecule has 26 heavy (non-hydrogen) atoms. The number of carbonyl (C=O) groups is 1. The van der Waals surface area contributed by atoms with Gasteiger partial charge in [0.15, 0.2) is 0 Å². The molecule has 2 rings (SSSR count). The number of nitrogens with one attached hydrogen (secondary N) is 2. The van der Waals surface area contributed by atoms with E-state index in [0.29, 0.717) is 0 Å². The number of hydrogen-bond acceptors (Lipinski definition) is 4. The summed E-state index contributed by atoms with van der Waals surface area (Å²) in [5.41, 5.74) is -0.752. The zero-order chi connectivity index (χ0) is 19.3. The second-order valence-electron chi connectivity index (χ2n) is 5.28.